The molecule has 0 spiro atoms. The topological polar surface area (TPSA) is 85.1 Å². The fourth-order valence-electron chi connectivity index (χ4n) is 2.87. The summed E-state index contributed by atoms with van der Waals surface area (Å²) in [4.78, 5) is 4.47. The summed E-state index contributed by atoms with van der Waals surface area (Å²) in [6.07, 6.45) is 4.13. The van der Waals surface area contributed by atoms with Crippen molar-refractivity contribution >= 4 is 9.84 Å². The van der Waals surface area contributed by atoms with Gasteiger partial charge in [0.05, 0.1) is 11.5 Å². The van der Waals surface area contributed by atoms with Gasteiger partial charge < -0.3 is 5.11 Å². The summed E-state index contributed by atoms with van der Waals surface area (Å²) in [6.45, 7) is 0. The number of hydrogen-bond donors (Lipinski definition) is 1. The van der Waals surface area contributed by atoms with Crippen LogP contribution in [-0.2, 0) is 22.7 Å². The van der Waals surface area contributed by atoms with Crippen LogP contribution in [0.4, 0.5) is 0 Å². The molecule has 1 N–H and O–H groups in total. The lowest BCUT2D eigenvalue weighted by molar-refractivity contribution is 0.0643. The number of rotatable bonds is 2. The summed E-state index contributed by atoms with van der Waals surface area (Å²) in [5.41, 5.74) is 0. The molecule has 1 fully saturated rings. The smallest absolute Gasteiger partial charge is 0.151 e. The van der Waals surface area contributed by atoms with Gasteiger partial charge in [0, 0.05) is 12.8 Å². The monoisotopic (exact) mass is 285 g/mol. The number of nitrogens with zero attached hydrogens (tertiary/aromatic N) is 3. The zero-order valence-electron chi connectivity index (χ0n) is 10.8. The van der Waals surface area contributed by atoms with E-state index in [1.165, 1.54) is 0 Å². The molecule has 1 atom stereocenters. The Balaban J connectivity index is 1.68. The van der Waals surface area contributed by atoms with E-state index in [-0.39, 0.29) is 11.5 Å². The predicted molar refractivity (Wildman–Crippen MR) is 69.3 cm³/mol. The Morgan fingerprint density at radius 1 is 1.26 bits per heavy atom. The lowest BCUT2D eigenvalue weighted by atomic mass is 9.99. The molecule has 0 radical (unpaired) electrons. The van der Waals surface area contributed by atoms with Crippen LogP contribution in [0.1, 0.15) is 43.6 Å². The van der Waals surface area contributed by atoms with Crippen LogP contribution < -0.4 is 0 Å². The molecule has 0 amide bonds. The molecule has 19 heavy (non-hydrogen) atoms. The fourth-order valence-corrected chi connectivity index (χ4v) is 4.46. The van der Waals surface area contributed by atoms with E-state index in [9.17, 15) is 13.5 Å². The molecule has 1 unspecified atom stereocenters. The second-order valence-electron chi connectivity index (χ2n) is 5.56. The second kappa shape index (κ2) is 4.86. The standard InChI is InChI=1S/C12H19N3O3S/c16-12-3-1-2-11-13-10(14-15(11)12)8-9-4-6-19(17,18)7-5-9/h9,12,16H,1-8H2. The van der Waals surface area contributed by atoms with Gasteiger partial charge in [-0.05, 0) is 31.6 Å². The molecule has 3 heterocycles. The summed E-state index contributed by atoms with van der Waals surface area (Å²) in [5, 5.41) is 14.2. The van der Waals surface area contributed by atoms with Gasteiger partial charge in [-0.15, -0.1) is 0 Å². The van der Waals surface area contributed by atoms with Crippen molar-refractivity contribution in [3.8, 4) is 0 Å². The van der Waals surface area contributed by atoms with Gasteiger partial charge in [-0.25, -0.2) is 18.1 Å². The normalized spacial score (nSPS) is 27.1. The van der Waals surface area contributed by atoms with E-state index in [0.717, 1.165) is 37.3 Å². The van der Waals surface area contributed by atoms with Crippen LogP contribution in [0.15, 0.2) is 0 Å². The third-order valence-electron chi connectivity index (χ3n) is 4.04. The molecule has 1 saturated heterocycles. The first-order chi connectivity index (χ1) is 9.03. The predicted octanol–water partition coefficient (Wildman–Crippen LogP) is 0.473. The fraction of sp³-hybridized carbons (Fsp3) is 0.833. The quantitative estimate of drug-likeness (QED) is 0.854. The van der Waals surface area contributed by atoms with E-state index in [2.05, 4.69) is 10.1 Å². The first-order valence-corrected chi connectivity index (χ1v) is 8.68. The van der Waals surface area contributed by atoms with E-state index in [1.54, 1.807) is 4.68 Å². The van der Waals surface area contributed by atoms with Crippen molar-refractivity contribution in [2.75, 3.05) is 11.5 Å². The molecule has 1 aromatic heterocycles. The molecule has 3 rings (SSSR count). The van der Waals surface area contributed by atoms with E-state index in [0.29, 0.717) is 18.8 Å². The summed E-state index contributed by atoms with van der Waals surface area (Å²) in [6, 6.07) is 0. The molecule has 106 valence electrons. The van der Waals surface area contributed by atoms with Crippen LogP contribution in [0.2, 0.25) is 0 Å². The largest absolute Gasteiger partial charge is 0.372 e. The zero-order valence-corrected chi connectivity index (χ0v) is 11.6. The van der Waals surface area contributed by atoms with Gasteiger partial charge >= 0.3 is 0 Å². The average molecular weight is 285 g/mol. The van der Waals surface area contributed by atoms with Crippen molar-refractivity contribution in [2.24, 2.45) is 5.92 Å². The minimum atomic E-state index is -2.81. The summed E-state index contributed by atoms with van der Waals surface area (Å²) in [5.74, 6) is 2.53. The van der Waals surface area contributed by atoms with Crippen molar-refractivity contribution < 1.29 is 13.5 Å². The first kappa shape index (κ1) is 13.1. The van der Waals surface area contributed by atoms with Crippen LogP contribution >= 0.6 is 0 Å². The van der Waals surface area contributed by atoms with E-state index in [4.69, 9.17) is 0 Å². The molecule has 2 aliphatic rings. The number of hydrogen-bond acceptors (Lipinski definition) is 5. The molecular formula is C12H19N3O3S. The van der Waals surface area contributed by atoms with E-state index >= 15 is 0 Å². The van der Waals surface area contributed by atoms with Crippen molar-refractivity contribution in [1.82, 2.24) is 14.8 Å². The molecule has 2 aliphatic heterocycles. The van der Waals surface area contributed by atoms with Crippen LogP contribution in [0.3, 0.4) is 0 Å². The van der Waals surface area contributed by atoms with Gasteiger partial charge in [-0.1, -0.05) is 0 Å². The van der Waals surface area contributed by atoms with Gasteiger partial charge in [0.15, 0.2) is 5.82 Å². The maximum atomic E-state index is 11.4. The lowest BCUT2D eigenvalue weighted by Crippen LogP contribution is -2.24. The Hall–Kier alpha value is -0.950. The summed E-state index contributed by atoms with van der Waals surface area (Å²) < 4.78 is 24.4. The third-order valence-corrected chi connectivity index (χ3v) is 5.75. The molecule has 0 bridgehead atoms. The van der Waals surface area contributed by atoms with Crippen molar-refractivity contribution in [1.29, 1.82) is 0 Å². The molecule has 0 saturated carbocycles. The minimum absolute atomic E-state index is 0.286. The van der Waals surface area contributed by atoms with Gasteiger partial charge in [-0.3, -0.25) is 0 Å². The Labute approximate surface area is 112 Å². The molecule has 7 heteroatoms. The molecule has 0 aromatic carbocycles. The van der Waals surface area contributed by atoms with E-state index in [1.807, 2.05) is 0 Å². The highest BCUT2D eigenvalue weighted by Gasteiger charge is 2.26. The highest BCUT2D eigenvalue weighted by Crippen LogP contribution is 2.24. The number of sulfone groups is 1. The average Bonchev–Trinajstić information content (AvgIpc) is 2.76. The lowest BCUT2D eigenvalue weighted by Gasteiger charge is -2.20. The number of aliphatic hydroxyl groups is 1. The van der Waals surface area contributed by atoms with Crippen molar-refractivity contribution in [3.63, 3.8) is 0 Å². The maximum absolute atomic E-state index is 11.4. The Morgan fingerprint density at radius 3 is 2.68 bits per heavy atom. The number of aryl methyl sites for hydroxylation is 1. The molecule has 1 aromatic rings. The van der Waals surface area contributed by atoms with E-state index < -0.39 is 16.1 Å². The van der Waals surface area contributed by atoms with Crippen LogP contribution in [0.25, 0.3) is 0 Å². The SMILES string of the molecule is O=S1(=O)CCC(Cc2nc3n(n2)C(O)CCC3)CC1. The molecule has 0 aliphatic carbocycles. The van der Waals surface area contributed by atoms with Crippen LogP contribution in [-0.4, -0.2) is 39.8 Å². The Bertz CT molecular complexity index is 553. The number of fused-ring (bicyclic) bond motifs is 1. The highest BCUT2D eigenvalue weighted by atomic mass is 32.2. The maximum Gasteiger partial charge on any atom is 0.151 e. The Kier molecular flexibility index (Phi) is 3.34. The zero-order chi connectivity index (χ0) is 13.5. The second-order valence-corrected chi connectivity index (χ2v) is 7.86. The molecule has 6 nitrogen and oxygen atoms in total. The first-order valence-electron chi connectivity index (χ1n) is 6.86. The minimum Gasteiger partial charge on any atom is -0.372 e. The van der Waals surface area contributed by atoms with Gasteiger partial charge in [0.25, 0.3) is 0 Å². The van der Waals surface area contributed by atoms with Gasteiger partial charge in [0.1, 0.15) is 21.9 Å². The van der Waals surface area contributed by atoms with Gasteiger partial charge in [-0.2, -0.15) is 5.10 Å². The number of aliphatic hydroxyl groups excluding tert-OH is 1. The summed E-state index contributed by atoms with van der Waals surface area (Å²) in [7, 11) is -2.81. The van der Waals surface area contributed by atoms with Gasteiger partial charge in [0.2, 0.25) is 0 Å². The van der Waals surface area contributed by atoms with Crippen molar-refractivity contribution in [3.05, 3.63) is 11.6 Å². The van der Waals surface area contributed by atoms with Crippen molar-refractivity contribution in [2.45, 2.75) is 44.8 Å². The van der Waals surface area contributed by atoms with Crippen LogP contribution in [0.5, 0.6) is 0 Å². The third kappa shape index (κ3) is 2.81. The summed E-state index contributed by atoms with van der Waals surface area (Å²) >= 11 is 0. The Morgan fingerprint density at radius 2 is 2.00 bits per heavy atom. The van der Waals surface area contributed by atoms with Crippen LogP contribution in [0, 0.1) is 5.92 Å². The highest BCUT2D eigenvalue weighted by molar-refractivity contribution is 7.91. The molecular weight excluding hydrogens is 266 g/mol. The number of aromatic nitrogens is 3.